The second kappa shape index (κ2) is 6.30. The fourth-order valence-corrected chi connectivity index (χ4v) is 3.11. The maximum Gasteiger partial charge on any atom is 0.254 e. The van der Waals surface area contributed by atoms with Crippen LogP contribution in [0.15, 0.2) is 23.0 Å². The minimum Gasteiger partial charge on any atom is -0.310 e. The van der Waals surface area contributed by atoms with Crippen molar-refractivity contribution in [1.29, 1.82) is 0 Å². The van der Waals surface area contributed by atoms with E-state index in [1.54, 1.807) is 12.1 Å². The summed E-state index contributed by atoms with van der Waals surface area (Å²) in [5, 5.41) is 0.426. The third kappa shape index (κ3) is 3.37. The molecule has 0 spiro atoms. The number of rotatable bonds is 2. The number of benzene rings is 1. The van der Waals surface area contributed by atoms with Gasteiger partial charge < -0.3 is 4.98 Å². The molecule has 0 aliphatic carbocycles. The highest BCUT2D eigenvalue weighted by Crippen LogP contribution is 2.24. The van der Waals surface area contributed by atoms with Crippen LogP contribution in [-0.4, -0.2) is 21.4 Å². The minimum absolute atomic E-state index is 0.0616. The SMILES string of the molecule is CC(C)(C)c1nc2c(c(=O)[nH]1)CCN(Cc1c(F)cccc1Cl)C2. The lowest BCUT2D eigenvalue weighted by atomic mass is 9.95. The Hall–Kier alpha value is -1.72. The van der Waals surface area contributed by atoms with E-state index in [0.29, 0.717) is 42.5 Å². The van der Waals surface area contributed by atoms with E-state index in [9.17, 15) is 9.18 Å². The van der Waals surface area contributed by atoms with Gasteiger partial charge in [-0.25, -0.2) is 9.37 Å². The Labute approximate surface area is 145 Å². The molecule has 4 nitrogen and oxygen atoms in total. The molecule has 0 saturated carbocycles. The van der Waals surface area contributed by atoms with Crippen molar-refractivity contribution in [2.75, 3.05) is 6.54 Å². The molecule has 24 heavy (non-hydrogen) atoms. The average Bonchev–Trinajstić information content (AvgIpc) is 2.50. The highest BCUT2D eigenvalue weighted by molar-refractivity contribution is 6.31. The summed E-state index contributed by atoms with van der Waals surface area (Å²) in [5.41, 5.74) is 1.71. The second-order valence-electron chi connectivity index (χ2n) is 7.25. The molecule has 1 aliphatic heterocycles. The molecule has 0 fully saturated rings. The van der Waals surface area contributed by atoms with E-state index in [1.807, 2.05) is 20.8 Å². The minimum atomic E-state index is -0.303. The van der Waals surface area contributed by atoms with Gasteiger partial charge in [-0.05, 0) is 18.6 Å². The van der Waals surface area contributed by atoms with E-state index >= 15 is 0 Å². The molecule has 1 aromatic carbocycles. The first-order chi connectivity index (χ1) is 11.3. The number of halogens is 2. The van der Waals surface area contributed by atoms with Gasteiger partial charge in [0.1, 0.15) is 11.6 Å². The molecule has 3 rings (SSSR count). The maximum atomic E-state index is 14.0. The molecule has 0 amide bonds. The van der Waals surface area contributed by atoms with Crippen LogP contribution in [0.3, 0.4) is 0 Å². The van der Waals surface area contributed by atoms with Crippen LogP contribution < -0.4 is 5.56 Å². The molecule has 1 N–H and O–H groups in total. The number of nitrogens with one attached hydrogen (secondary N) is 1. The summed E-state index contributed by atoms with van der Waals surface area (Å²) >= 11 is 6.12. The number of hydrogen-bond acceptors (Lipinski definition) is 3. The summed E-state index contributed by atoms with van der Waals surface area (Å²) in [5.74, 6) is 0.375. The van der Waals surface area contributed by atoms with Crippen molar-refractivity contribution in [3.8, 4) is 0 Å². The number of fused-ring (bicyclic) bond motifs is 1. The predicted octanol–water partition coefficient (Wildman–Crippen LogP) is 3.42. The lowest BCUT2D eigenvalue weighted by Crippen LogP contribution is -2.36. The molecule has 6 heteroatoms. The smallest absolute Gasteiger partial charge is 0.254 e. The first-order valence-corrected chi connectivity index (χ1v) is 8.41. The zero-order valence-electron chi connectivity index (χ0n) is 14.1. The van der Waals surface area contributed by atoms with Gasteiger partial charge in [0, 0.05) is 41.2 Å². The number of aromatic nitrogens is 2. The molecular formula is C18H21ClFN3O. The van der Waals surface area contributed by atoms with E-state index in [-0.39, 0.29) is 16.8 Å². The van der Waals surface area contributed by atoms with E-state index in [0.717, 1.165) is 11.3 Å². The Balaban J connectivity index is 1.89. The Morgan fingerprint density at radius 1 is 1.38 bits per heavy atom. The molecule has 2 heterocycles. The third-order valence-electron chi connectivity index (χ3n) is 4.31. The van der Waals surface area contributed by atoms with Gasteiger partial charge >= 0.3 is 0 Å². The van der Waals surface area contributed by atoms with Crippen molar-refractivity contribution in [2.24, 2.45) is 0 Å². The zero-order chi connectivity index (χ0) is 17.5. The van der Waals surface area contributed by atoms with Gasteiger partial charge in [0.25, 0.3) is 5.56 Å². The van der Waals surface area contributed by atoms with Crippen molar-refractivity contribution in [2.45, 2.75) is 45.7 Å². The van der Waals surface area contributed by atoms with Gasteiger partial charge in [-0.15, -0.1) is 0 Å². The van der Waals surface area contributed by atoms with Crippen LogP contribution in [0.2, 0.25) is 5.02 Å². The summed E-state index contributed by atoms with van der Waals surface area (Å²) in [7, 11) is 0. The average molecular weight is 350 g/mol. The van der Waals surface area contributed by atoms with E-state index in [1.165, 1.54) is 6.07 Å². The van der Waals surface area contributed by atoms with Crippen LogP contribution in [0, 0.1) is 5.82 Å². The van der Waals surface area contributed by atoms with Crippen LogP contribution >= 0.6 is 11.6 Å². The normalized spacial score (nSPS) is 15.4. The number of aromatic amines is 1. The highest BCUT2D eigenvalue weighted by atomic mass is 35.5. The monoisotopic (exact) mass is 349 g/mol. The molecule has 1 aromatic heterocycles. The van der Waals surface area contributed by atoms with Crippen LogP contribution in [0.4, 0.5) is 4.39 Å². The van der Waals surface area contributed by atoms with Gasteiger partial charge in [-0.1, -0.05) is 38.4 Å². The zero-order valence-corrected chi connectivity index (χ0v) is 14.9. The summed E-state index contributed by atoms with van der Waals surface area (Å²) in [4.78, 5) is 21.9. The van der Waals surface area contributed by atoms with Crippen LogP contribution in [0.5, 0.6) is 0 Å². The van der Waals surface area contributed by atoms with E-state index in [4.69, 9.17) is 11.6 Å². The van der Waals surface area contributed by atoms with Crippen molar-refractivity contribution < 1.29 is 4.39 Å². The number of nitrogens with zero attached hydrogens (tertiary/aromatic N) is 2. The summed E-state index contributed by atoms with van der Waals surface area (Å²) in [6, 6.07) is 4.71. The van der Waals surface area contributed by atoms with Gasteiger partial charge in [-0.3, -0.25) is 9.69 Å². The first-order valence-electron chi connectivity index (χ1n) is 8.03. The molecule has 128 valence electrons. The highest BCUT2D eigenvalue weighted by Gasteiger charge is 2.25. The van der Waals surface area contributed by atoms with Crippen molar-refractivity contribution >= 4 is 11.6 Å². The molecule has 0 bridgehead atoms. The number of hydrogen-bond donors (Lipinski definition) is 1. The molecule has 2 aromatic rings. The summed E-state index contributed by atoms with van der Waals surface area (Å²) in [6.07, 6.45) is 0.605. The van der Waals surface area contributed by atoms with Crippen molar-refractivity contribution in [1.82, 2.24) is 14.9 Å². The Kier molecular flexibility index (Phi) is 4.49. The Morgan fingerprint density at radius 2 is 2.12 bits per heavy atom. The molecular weight excluding hydrogens is 329 g/mol. The summed E-state index contributed by atoms with van der Waals surface area (Å²) in [6.45, 7) is 7.64. The van der Waals surface area contributed by atoms with Crippen LogP contribution in [-0.2, 0) is 24.9 Å². The standard InChI is InChI=1S/C18H21ClFN3O/c1-18(2,3)17-21-15-10-23(8-7-11(15)16(24)22-17)9-12-13(19)5-4-6-14(12)20/h4-6H,7-10H2,1-3H3,(H,21,22,24). The van der Waals surface area contributed by atoms with Crippen LogP contribution in [0.1, 0.15) is 43.4 Å². The van der Waals surface area contributed by atoms with Gasteiger partial charge in [0.2, 0.25) is 0 Å². The molecule has 1 aliphatic rings. The molecule has 0 radical (unpaired) electrons. The van der Waals surface area contributed by atoms with Gasteiger partial charge in [0.15, 0.2) is 0 Å². The fourth-order valence-electron chi connectivity index (χ4n) is 2.89. The van der Waals surface area contributed by atoms with Crippen molar-refractivity contribution in [3.63, 3.8) is 0 Å². The molecule has 0 saturated heterocycles. The predicted molar refractivity (Wildman–Crippen MR) is 92.8 cm³/mol. The molecule has 0 unspecified atom stereocenters. The topological polar surface area (TPSA) is 49.0 Å². The van der Waals surface area contributed by atoms with Crippen LogP contribution in [0.25, 0.3) is 0 Å². The largest absolute Gasteiger partial charge is 0.310 e. The summed E-state index contributed by atoms with van der Waals surface area (Å²) < 4.78 is 14.0. The maximum absolute atomic E-state index is 14.0. The quantitative estimate of drug-likeness (QED) is 0.903. The van der Waals surface area contributed by atoms with E-state index < -0.39 is 0 Å². The molecule has 0 atom stereocenters. The lowest BCUT2D eigenvalue weighted by Gasteiger charge is -2.29. The number of H-pyrrole nitrogens is 1. The fraction of sp³-hybridized carbons (Fsp3) is 0.444. The van der Waals surface area contributed by atoms with Crippen molar-refractivity contribution in [3.05, 3.63) is 62.0 Å². The van der Waals surface area contributed by atoms with Gasteiger partial charge in [-0.2, -0.15) is 0 Å². The Morgan fingerprint density at radius 3 is 2.79 bits per heavy atom. The first kappa shape index (κ1) is 17.1. The third-order valence-corrected chi connectivity index (χ3v) is 4.66. The lowest BCUT2D eigenvalue weighted by molar-refractivity contribution is 0.236. The van der Waals surface area contributed by atoms with Gasteiger partial charge in [0.05, 0.1) is 5.69 Å². The van der Waals surface area contributed by atoms with E-state index in [2.05, 4.69) is 14.9 Å². The second-order valence-corrected chi connectivity index (χ2v) is 7.66. The Bertz CT molecular complexity index is 806.